The Labute approximate surface area is 186 Å². The molecule has 1 aliphatic heterocycles. The lowest BCUT2D eigenvalue weighted by atomic mass is 9.97. The van der Waals surface area contributed by atoms with Crippen molar-refractivity contribution in [2.45, 2.75) is 19.4 Å². The number of piperidine rings is 1. The highest BCUT2D eigenvalue weighted by Gasteiger charge is 2.31. The number of para-hydroxylation sites is 1. The van der Waals surface area contributed by atoms with E-state index in [0.717, 1.165) is 20.8 Å². The summed E-state index contributed by atoms with van der Waals surface area (Å²) in [6.45, 7) is 1.18. The van der Waals surface area contributed by atoms with Crippen LogP contribution >= 0.6 is 11.3 Å². The average molecular weight is 456 g/mol. The number of rotatable bonds is 6. The van der Waals surface area contributed by atoms with Gasteiger partial charge < -0.3 is 4.90 Å². The highest BCUT2D eigenvalue weighted by atomic mass is 32.2. The Bertz CT molecular complexity index is 1150. The van der Waals surface area contributed by atoms with Gasteiger partial charge in [-0.3, -0.25) is 4.79 Å². The van der Waals surface area contributed by atoms with Crippen molar-refractivity contribution < 1.29 is 13.2 Å². The summed E-state index contributed by atoms with van der Waals surface area (Å²) in [6, 6.07) is 17.3. The number of carbonyl (C=O) groups excluding carboxylic acids is 1. The molecule has 1 saturated heterocycles. The van der Waals surface area contributed by atoms with E-state index in [9.17, 15) is 13.2 Å². The molecule has 1 amide bonds. The van der Waals surface area contributed by atoms with Crippen LogP contribution in [0.5, 0.6) is 0 Å². The van der Waals surface area contributed by atoms with Gasteiger partial charge in [0.2, 0.25) is 15.9 Å². The van der Waals surface area contributed by atoms with E-state index < -0.39 is 10.0 Å². The number of amides is 1. The van der Waals surface area contributed by atoms with Crippen LogP contribution in [0.4, 0.5) is 0 Å². The van der Waals surface area contributed by atoms with Crippen molar-refractivity contribution in [3.05, 3.63) is 70.6 Å². The summed E-state index contributed by atoms with van der Waals surface area (Å²) in [7, 11) is -1.70. The predicted octanol–water partition coefficient (Wildman–Crippen LogP) is 3.97. The van der Waals surface area contributed by atoms with Gasteiger partial charge in [0.1, 0.15) is 5.01 Å². The molecule has 1 fully saturated rings. The Morgan fingerprint density at radius 2 is 1.81 bits per heavy atom. The van der Waals surface area contributed by atoms with E-state index in [-0.39, 0.29) is 11.8 Å². The zero-order chi connectivity index (χ0) is 21.8. The Morgan fingerprint density at radius 3 is 2.52 bits per heavy atom. The minimum Gasteiger partial charge on any atom is -0.339 e. The standard InChI is InChI=1S/C23H25N3O3S2/c1-25(17-22-24-20-9-5-6-10-21(20)30-22)23(27)19-11-14-26(15-12-19)31(28,29)16-13-18-7-3-2-4-8-18/h2-10,13,16,19H,11-12,14-15,17H2,1H3/b16-13+. The fraction of sp³-hybridized carbons (Fsp3) is 0.304. The lowest BCUT2D eigenvalue weighted by Crippen LogP contribution is -2.42. The number of aromatic nitrogens is 1. The number of hydrogen-bond acceptors (Lipinski definition) is 5. The second-order valence-corrected chi connectivity index (χ2v) is 10.6. The van der Waals surface area contributed by atoms with Crippen LogP contribution in [0.2, 0.25) is 0 Å². The average Bonchev–Trinajstić information content (AvgIpc) is 3.20. The minimum atomic E-state index is -3.49. The summed E-state index contributed by atoms with van der Waals surface area (Å²) >= 11 is 1.60. The molecular formula is C23H25N3O3S2. The second-order valence-electron chi connectivity index (χ2n) is 7.70. The Kier molecular flexibility index (Phi) is 6.50. The summed E-state index contributed by atoms with van der Waals surface area (Å²) in [6.07, 6.45) is 2.67. The first-order valence-corrected chi connectivity index (χ1v) is 12.6. The Balaban J connectivity index is 1.33. The number of fused-ring (bicyclic) bond motifs is 1. The van der Waals surface area contributed by atoms with Gasteiger partial charge in [0.15, 0.2) is 0 Å². The summed E-state index contributed by atoms with van der Waals surface area (Å²) in [5.41, 5.74) is 1.79. The highest BCUT2D eigenvalue weighted by molar-refractivity contribution is 7.92. The molecule has 3 aromatic rings. The van der Waals surface area contributed by atoms with Crippen molar-refractivity contribution >= 4 is 43.6 Å². The molecule has 4 rings (SSSR count). The highest BCUT2D eigenvalue weighted by Crippen LogP contribution is 2.25. The topological polar surface area (TPSA) is 70.6 Å². The molecule has 2 aromatic carbocycles. The third kappa shape index (κ3) is 5.20. The lowest BCUT2D eigenvalue weighted by molar-refractivity contribution is -0.135. The van der Waals surface area contributed by atoms with Crippen LogP contribution in [0, 0.1) is 5.92 Å². The van der Waals surface area contributed by atoms with Crippen molar-refractivity contribution in [1.82, 2.24) is 14.2 Å². The molecule has 6 nitrogen and oxygen atoms in total. The van der Waals surface area contributed by atoms with E-state index in [1.165, 1.54) is 9.71 Å². The van der Waals surface area contributed by atoms with Gasteiger partial charge in [-0.05, 0) is 36.6 Å². The van der Waals surface area contributed by atoms with Gasteiger partial charge in [-0.15, -0.1) is 11.3 Å². The monoisotopic (exact) mass is 455 g/mol. The van der Waals surface area contributed by atoms with Gasteiger partial charge in [0.05, 0.1) is 16.8 Å². The van der Waals surface area contributed by atoms with Crippen LogP contribution < -0.4 is 0 Å². The largest absolute Gasteiger partial charge is 0.339 e. The maximum absolute atomic E-state index is 12.9. The van der Waals surface area contributed by atoms with Gasteiger partial charge in [0, 0.05) is 31.5 Å². The SMILES string of the molecule is CN(Cc1nc2ccccc2s1)C(=O)C1CCN(S(=O)(=O)/C=C/c2ccccc2)CC1. The Hall–Kier alpha value is -2.55. The van der Waals surface area contributed by atoms with Gasteiger partial charge in [-0.1, -0.05) is 42.5 Å². The number of sulfonamides is 1. The quantitative estimate of drug-likeness (QED) is 0.564. The van der Waals surface area contributed by atoms with Gasteiger partial charge in [0.25, 0.3) is 0 Å². The molecular weight excluding hydrogens is 430 g/mol. The smallest absolute Gasteiger partial charge is 0.236 e. The summed E-state index contributed by atoms with van der Waals surface area (Å²) in [5.74, 6) is -0.111. The number of thiazole rings is 1. The molecule has 0 unspecified atom stereocenters. The third-order valence-corrected chi connectivity index (χ3v) is 8.07. The number of hydrogen-bond donors (Lipinski definition) is 0. The number of carbonyl (C=O) groups is 1. The first-order valence-electron chi connectivity index (χ1n) is 10.2. The number of nitrogens with zero attached hydrogens (tertiary/aromatic N) is 3. The van der Waals surface area contributed by atoms with Gasteiger partial charge in [-0.2, -0.15) is 4.31 Å². The fourth-order valence-electron chi connectivity index (χ4n) is 3.75. The van der Waals surface area contributed by atoms with Crippen molar-refractivity contribution in [3.63, 3.8) is 0 Å². The van der Waals surface area contributed by atoms with Crippen LogP contribution in [0.15, 0.2) is 60.0 Å². The third-order valence-electron chi connectivity index (χ3n) is 5.48. The van der Waals surface area contributed by atoms with Crippen molar-refractivity contribution in [3.8, 4) is 0 Å². The number of benzene rings is 2. The molecule has 1 aliphatic rings. The van der Waals surface area contributed by atoms with Crippen molar-refractivity contribution in [2.75, 3.05) is 20.1 Å². The maximum Gasteiger partial charge on any atom is 0.236 e. The zero-order valence-corrected chi connectivity index (χ0v) is 19.0. The predicted molar refractivity (Wildman–Crippen MR) is 125 cm³/mol. The van der Waals surface area contributed by atoms with Crippen LogP contribution in [0.1, 0.15) is 23.4 Å². The molecule has 0 aliphatic carbocycles. The molecule has 31 heavy (non-hydrogen) atoms. The zero-order valence-electron chi connectivity index (χ0n) is 17.3. The summed E-state index contributed by atoms with van der Waals surface area (Å²) in [4.78, 5) is 19.2. The molecule has 0 radical (unpaired) electrons. The van der Waals surface area contributed by atoms with E-state index in [1.807, 2.05) is 54.6 Å². The van der Waals surface area contributed by atoms with Crippen molar-refractivity contribution in [2.24, 2.45) is 5.92 Å². The first kappa shape index (κ1) is 21.7. The molecule has 0 bridgehead atoms. The summed E-state index contributed by atoms with van der Waals surface area (Å²) in [5, 5.41) is 2.16. The van der Waals surface area contributed by atoms with Crippen LogP contribution in [-0.2, 0) is 21.4 Å². The van der Waals surface area contributed by atoms with Gasteiger partial charge >= 0.3 is 0 Å². The second kappa shape index (κ2) is 9.30. The summed E-state index contributed by atoms with van der Waals surface area (Å²) < 4.78 is 27.8. The van der Waals surface area contributed by atoms with E-state index in [1.54, 1.807) is 29.4 Å². The molecule has 2 heterocycles. The molecule has 8 heteroatoms. The first-order chi connectivity index (χ1) is 14.9. The van der Waals surface area contributed by atoms with Gasteiger partial charge in [-0.25, -0.2) is 13.4 Å². The maximum atomic E-state index is 12.9. The minimum absolute atomic E-state index is 0.0520. The fourth-order valence-corrected chi connectivity index (χ4v) is 5.99. The molecule has 1 aromatic heterocycles. The molecule has 0 spiro atoms. The normalized spacial score (nSPS) is 16.2. The molecule has 0 N–H and O–H groups in total. The molecule has 0 atom stereocenters. The van der Waals surface area contributed by atoms with Crippen LogP contribution in [-0.4, -0.2) is 48.7 Å². The molecule has 0 saturated carbocycles. The van der Waals surface area contributed by atoms with Crippen LogP contribution in [0.3, 0.4) is 0 Å². The van der Waals surface area contributed by atoms with E-state index >= 15 is 0 Å². The van der Waals surface area contributed by atoms with Crippen molar-refractivity contribution in [1.29, 1.82) is 0 Å². The Morgan fingerprint density at radius 1 is 1.13 bits per heavy atom. The van der Waals surface area contributed by atoms with E-state index in [4.69, 9.17) is 0 Å². The molecule has 162 valence electrons. The van der Waals surface area contributed by atoms with E-state index in [2.05, 4.69) is 4.98 Å². The van der Waals surface area contributed by atoms with Crippen LogP contribution in [0.25, 0.3) is 16.3 Å². The lowest BCUT2D eigenvalue weighted by Gasteiger charge is -2.31. The van der Waals surface area contributed by atoms with E-state index in [0.29, 0.717) is 32.5 Å².